The summed E-state index contributed by atoms with van der Waals surface area (Å²) in [5.41, 5.74) is 12.6. The number of anilines is 2. The molecule has 0 saturated heterocycles. The third-order valence-corrected chi connectivity index (χ3v) is 2.96. The van der Waals surface area contributed by atoms with Crippen molar-refractivity contribution >= 4 is 23.2 Å². The van der Waals surface area contributed by atoms with E-state index in [-0.39, 0.29) is 11.8 Å². The van der Waals surface area contributed by atoms with Gasteiger partial charge in [-0.1, -0.05) is 13.0 Å². The molecular formula is C13H20N4O2. The van der Waals surface area contributed by atoms with E-state index in [9.17, 15) is 9.59 Å². The number of rotatable bonds is 5. The van der Waals surface area contributed by atoms with Crippen LogP contribution in [0.15, 0.2) is 18.2 Å². The monoisotopic (exact) mass is 264 g/mol. The Morgan fingerprint density at radius 1 is 1.42 bits per heavy atom. The first-order valence-corrected chi connectivity index (χ1v) is 5.99. The first-order valence-electron chi connectivity index (χ1n) is 5.99. The Bertz CT molecular complexity index is 488. The quantitative estimate of drug-likeness (QED) is 0.660. The molecule has 0 saturated carbocycles. The number of nitrogens with two attached hydrogens (primary N) is 2. The van der Waals surface area contributed by atoms with Gasteiger partial charge in [0, 0.05) is 20.6 Å². The van der Waals surface area contributed by atoms with Crippen LogP contribution < -0.4 is 21.7 Å². The minimum Gasteiger partial charge on any atom is -0.397 e. The summed E-state index contributed by atoms with van der Waals surface area (Å²) in [4.78, 5) is 24.7. The first-order chi connectivity index (χ1) is 8.88. The van der Waals surface area contributed by atoms with Gasteiger partial charge in [-0.05, 0) is 12.1 Å². The fraction of sp³-hybridized carbons (Fsp3) is 0.385. The van der Waals surface area contributed by atoms with Crippen LogP contribution >= 0.6 is 0 Å². The molecule has 1 rings (SSSR count). The number of para-hydroxylation sites is 1. The minimum atomic E-state index is -0.540. The molecule has 1 atom stereocenters. The second-order valence-corrected chi connectivity index (χ2v) is 4.50. The topological polar surface area (TPSA) is 101 Å². The van der Waals surface area contributed by atoms with Crippen LogP contribution in [-0.4, -0.2) is 32.5 Å². The minimum absolute atomic E-state index is 0.0676. The first kappa shape index (κ1) is 14.8. The summed E-state index contributed by atoms with van der Waals surface area (Å²) < 4.78 is 0. The van der Waals surface area contributed by atoms with Gasteiger partial charge < -0.3 is 21.7 Å². The van der Waals surface area contributed by atoms with E-state index in [4.69, 9.17) is 11.5 Å². The summed E-state index contributed by atoms with van der Waals surface area (Å²) in [6.45, 7) is 2.24. The number of nitrogens with zero attached hydrogens (tertiary/aromatic N) is 1. The summed E-state index contributed by atoms with van der Waals surface area (Å²) in [6.07, 6.45) is 0. The third-order valence-electron chi connectivity index (χ3n) is 2.96. The van der Waals surface area contributed by atoms with Crippen molar-refractivity contribution in [2.24, 2.45) is 11.7 Å². The van der Waals surface area contributed by atoms with E-state index in [1.165, 1.54) is 0 Å². The number of benzene rings is 1. The van der Waals surface area contributed by atoms with Crippen LogP contribution in [0.4, 0.5) is 11.4 Å². The Morgan fingerprint density at radius 2 is 2.05 bits per heavy atom. The van der Waals surface area contributed by atoms with Crippen LogP contribution in [0.25, 0.3) is 0 Å². The molecule has 19 heavy (non-hydrogen) atoms. The number of hydrogen-bond donors (Lipinski definition) is 3. The standard InChI is InChI=1S/C13H20N4O2/c1-8(13(19)16-2)7-17(3)11-9(12(15)18)5-4-6-10(11)14/h4-6,8H,7,14H2,1-3H3,(H2,15,18)(H,16,19). The van der Waals surface area contributed by atoms with Crippen molar-refractivity contribution in [3.05, 3.63) is 23.8 Å². The molecule has 0 aliphatic carbocycles. The normalized spacial score (nSPS) is 11.7. The van der Waals surface area contributed by atoms with E-state index >= 15 is 0 Å². The maximum absolute atomic E-state index is 11.5. The van der Waals surface area contributed by atoms with E-state index in [0.29, 0.717) is 23.5 Å². The van der Waals surface area contributed by atoms with E-state index in [2.05, 4.69) is 5.32 Å². The SMILES string of the molecule is CNC(=O)C(C)CN(C)c1c(N)cccc1C(N)=O. The van der Waals surface area contributed by atoms with Gasteiger partial charge in [0.25, 0.3) is 5.91 Å². The fourth-order valence-electron chi connectivity index (χ4n) is 2.02. The average molecular weight is 264 g/mol. The van der Waals surface area contributed by atoms with Crippen molar-refractivity contribution in [2.75, 3.05) is 31.3 Å². The van der Waals surface area contributed by atoms with E-state index < -0.39 is 5.91 Å². The molecule has 1 aromatic rings. The highest BCUT2D eigenvalue weighted by Crippen LogP contribution is 2.27. The van der Waals surface area contributed by atoms with Gasteiger partial charge >= 0.3 is 0 Å². The van der Waals surface area contributed by atoms with Gasteiger partial charge in [-0.25, -0.2) is 0 Å². The van der Waals surface area contributed by atoms with Crippen molar-refractivity contribution < 1.29 is 9.59 Å². The lowest BCUT2D eigenvalue weighted by molar-refractivity contribution is -0.123. The molecule has 0 aliphatic rings. The van der Waals surface area contributed by atoms with Gasteiger partial charge in [0.2, 0.25) is 5.91 Å². The zero-order valence-corrected chi connectivity index (χ0v) is 11.4. The maximum atomic E-state index is 11.5. The zero-order valence-electron chi connectivity index (χ0n) is 11.4. The number of amides is 2. The number of carbonyl (C=O) groups is 2. The smallest absolute Gasteiger partial charge is 0.250 e. The van der Waals surface area contributed by atoms with Crippen molar-refractivity contribution in [2.45, 2.75) is 6.92 Å². The number of carbonyl (C=O) groups excluding carboxylic acids is 2. The molecule has 1 aromatic carbocycles. The van der Waals surface area contributed by atoms with Gasteiger partial charge in [0.05, 0.1) is 22.9 Å². The highest BCUT2D eigenvalue weighted by atomic mass is 16.2. The lowest BCUT2D eigenvalue weighted by Crippen LogP contribution is -2.35. The van der Waals surface area contributed by atoms with Crippen LogP contribution in [0.3, 0.4) is 0 Å². The molecule has 5 N–H and O–H groups in total. The predicted octanol–water partition coefficient (Wildman–Crippen LogP) is 0.186. The van der Waals surface area contributed by atoms with Crippen molar-refractivity contribution in [1.82, 2.24) is 5.32 Å². The Labute approximate surface area is 112 Å². The second kappa shape index (κ2) is 6.08. The number of hydrogen-bond acceptors (Lipinski definition) is 4. The second-order valence-electron chi connectivity index (χ2n) is 4.50. The van der Waals surface area contributed by atoms with Gasteiger partial charge in [-0.15, -0.1) is 0 Å². The summed E-state index contributed by atoms with van der Waals surface area (Å²) in [5.74, 6) is -0.834. The molecule has 0 aliphatic heterocycles. The van der Waals surface area contributed by atoms with E-state index in [1.54, 1.807) is 44.1 Å². The summed E-state index contributed by atoms with van der Waals surface area (Å²) in [5, 5.41) is 2.59. The Hall–Kier alpha value is -2.24. The van der Waals surface area contributed by atoms with Crippen molar-refractivity contribution in [1.29, 1.82) is 0 Å². The van der Waals surface area contributed by atoms with E-state index in [0.717, 1.165) is 0 Å². The molecule has 0 bridgehead atoms. The molecule has 0 spiro atoms. The molecule has 0 radical (unpaired) electrons. The lowest BCUT2D eigenvalue weighted by atomic mass is 10.1. The Morgan fingerprint density at radius 3 is 2.58 bits per heavy atom. The number of nitrogen functional groups attached to an aromatic ring is 1. The summed E-state index contributed by atoms with van der Waals surface area (Å²) >= 11 is 0. The zero-order chi connectivity index (χ0) is 14.6. The summed E-state index contributed by atoms with van der Waals surface area (Å²) in [7, 11) is 3.36. The van der Waals surface area contributed by atoms with Crippen LogP contribution in [-0.2, 0) is 4.79 Å². The van der Waals surface area contributed by atoms with Crippen LogP contribution in [0.1, 0.15) is 17.3 Å². The van der Waals surface area contributed by atoms with E-state index in [1.807, 2.05) is 0 Å². The molecule has 6 heteroatoms. The summed E-state index contributed by atoms with van der Waals surface area (Å²) in [6, 6.07) is 4.99. The highest BCUT2D eigenvalue weighted by Gasteiger charge is 2.19. The maximum Gasteiger partial charge on any atom is 0.250 e. The van der Waals surface area contributed by atoms with Gasteiger partial charge in [-0.3, -0.25) is 9.59 Å². The van der Waals surface area contributed by atoms with Gasteiger partial charge in [0.15, 0.2) is 0 Å². The largest absolute Gasteiger partial charge is 0.397 e. The molecule has 0 heterocycles. The highest BCUT2D eigenvalue weighted by molar-refractivity contribution is 6.01. The van der Waals surface area contributed by atoms with Gasteiger partial charge in [0.1, 0.15) is 0 Å². The molecule has 2 amide bonds. The number of primary amides is 1. The third kappa shape index (κ3) is 3.37. The Balaban J connectivity index is 3.02. The Kier molecular flexibility index (Phi) is 4.74. The predicted molar refractivity (Wildman–Crippen MR) is 75.9 cm³/mol. The fourth-order valence-corrected chi connectivity index (χ4v) is 2.02. The van der Waals surface area contributed by atoms with Crippen molar-refractivity contribution in [3.63, 3.8) is 0 Å². The van der Waals surface area contributed by atoms with Crippen molar-refractivity contribution in [3.8, 4) is 0 Å². The van der Waals surface area contributed by atoms with Crippen LogP contribution in [0, 0.1) is 5.92 Å². The molecule has 0 fully saturated rings. The van der Waals surface area contributed by atoms with Gasteiger partial charge in [-0.2, -0.15) is 0 Å². The van der Waals surface area contributed by atoms with Crippen LogP contribution in [0.2, 0.25) is 0 Å². The average Bonchev–Trinajstić information content (AvgIpc) is 2.36. The molecular weight excluding hydrogens is 244 g/mol. The molecule has 1 unspecified atom stereocenters. The molecule has 6 nitrogen and oxygen atoms in total. The number of nitrogens with one attached hydrogen (secondary N) is 1. The van der Waals surface area contributed by atoms with Crippen LogP contribution in [0.5, 0.6) is 0 Å². The lowest BCUT2D eigenvalue weighted by Gasteiger charge is -2.25. The molecule has 104 valence electrons. The molecule has 0 aromatic heterocycles.